The molecule has 2 aromatic rings. The number of hydrogen-bond donors (Lipinski definition) is 2. The first kappa shape index (κ1) is 14.3. The van der Waals surface area contributed by atoms with Gasteiger partial charge in [0.2, 0.25) is 0 Å². The highest BCUT2D eigenvalue weighted by Gasteiger charge is 2.28. The third-order valence-corrected chi connectivity index (χ3v) is 3.44. The van der Waals surface area contributed by atoms with Gasteiger partial charge in [-0.15, -0.1) is 6.42 Å². The summed E-state index contributed by atoms with van der Waals surface area (Å²) in [4.78, 5) is 0. The first-order valence-electron chi connectivity index (χ1n) is 6.70. The van der Waals surface area contributed by atoms with Crippen LogP contribution in [0.15, 0.2) is 54.6 Å². The lowest BCUT2D eigenvalue weighted by atomic mass is 9.86. The number of aliphatic hydroxyl groups is 1. The molecule has 0 amide bonds. The molecule has 1 atom stereocenters. The van der Waals surface area contributed by atoms with E-state index in [-0.39, 0.29) is 0 Å². The number of hydrogen-bond acceptors (Lipinski definition) is 2. The lowest BCUT2D eigenvalue weighted by Gasteiger charge is -2.23. The average Bonchev–Trinajstić information content (AvgIpc) is 2.53. The van der Waals surface area contributed by atoms with Gasteiger partial charge in [-0.05, 0) is 25.6 Å². The standard InChI is InChI=1S/C18H19NO/c1-3-18(20,16-7-5-4-6-8-16)17-11-9-15(10-12-17)13-14-19-2/h1,4-12,19-20H,13-14H2,2H3. The molecule has 0 bridgehead atoms. The molecule has 2 rings (SSSR count). The molecule has 2 aromatic carbocycles. The number of likely N-dealkylation sites (N-methyl/N-ethyl adjacent to an activating group) is 1. The second-order valence-electron chi connectivity index (χ2n) is 4.77. The Morgan fingerprint density at radius 2 is 1.65 bits per heavy atom. The molecule has 0 aliphatic heterocycles. The molecule has 2 N–H and O–H groups in total. The van der Waals surface area contributed by atoms with E-state index in [0.29, 0.717) is 5.56 Å². The molecule has 0 saturated carbocycles. The number of rotatable bonds is 5. The van der Waals surface area contributed by atoms with E-state index in [4.69, 9.17) is 6.42 Å². The van der Waals surface area contributed by atoms with Crippen molar-refractivity contribution in [2.45, 2.75) is 12.0 Å². The summed E-state index contributed by atoms with van der Waals surface area (Å²) in [7, 11) is 1.93. The fraction of sp³-hybridized carbons (Fsp3) is 0.222. The van der Waals surface area contributed by atoms with E-state index in [1.165, 1.54) is 5.56 Å². The lowest BCUT2D eigenvalue weighted by molar-refractivity contribution is 0.145. The van der Waals surface area contributed by atoms with Crippen LogP contribution >= 0.6 is 0 Å². The first-order chi connectivity index (χ1) is 9.70. The zero-order valence-electron chi connectivity index (χ0n) is 11.6. The maximum atomic E-state index is 10.8. The van der Waals surface area contributed by atoms with E-state index in [1.54, 1.807) is 0 Å². The molecular formula is C18H19NO. The molecule has 1 unspecified atom stereocenters. The lowest BCUT2D eigenvalue weighted by Crippen LogP contribution is -2.25. The van der Waals surface area contributed by atoms with Crippen molar-refractivity contribution in [3.63, 3.8) is 0 Å². The van der Waals surface area contributed by atoms with Crippen molar-refractivity contribution < 1.29 is 5.11 Å². The Morgan fingerprint density at radius 1 is 1.05 bits per heavy atom. The fourth-order valence-electron chi connectivity index (χ4n) is 2.19. The predicted molar refractivity (Wildman–Crippen MR) is 82.3 cm³/mol. The Bertz CT molecular complexity index is 583. The van der Waals surface area contributed by atoms with Crippen LogP contribution in [0.2, 0.25) is 0 Å². The van der Waals surface area contributed by atoms with Gasteiger partial charge < -0.3 is 10.4 Å². The van der Waals surface area contributed by atoms with Crippen LogP contribution in [0.5, 0.6) is 0 Å². The Hall–Kier alpha value is -2.08. The van der Waals surface area contributed by atoms with Crippen LogP contribution in [0.3, 0.4) is 0 Å². The molecule has 0 spiro atoms. The molecule has 0 saturated heterocycles. The summed E-state index contributed by atoms with van der Waals surface area (Å²) in [5, 5.41) is 13.9. The topological polar surface area (TPSA) is 32.3 Å². The van der Waals surface area contributed by atoms with Crippen molar-refractivity contribution in [1.82, 2.24) is 5.32 Å². The van der Waals surface area contributed by atoms with Gasteiger partial charge in [0.05, 0.1) is 0 Å². The quantitative estimate of drug-likeness (QED) is 0.813. The highest BCUT2D eigenvalue weighted by atomic mass is 16.3. The summed E-state index contributed by atoms with van der Waals surface area (Å²) in [6, 6.07) is 17.2. The molecular weight excluding hydrogens is 246 g/mol. The van der Waals surface area contributed by atoms with Crippen molar-refractivity contribution in [1.29, 1.82) is 0 Å². The summed E-state index contributed by atoms with van der Waals surface area (Å²) in [5.41, 5.74) is 1.28. The van der Waals surface area contributed by atoms with Gasteiger partial charge in [0, 0.05) is 11.1 Å². The van der Waals surface area contributed by atoms with Crippen LogP contribution in [0.4, 0.5) is 0 Å². The molecule has 0 aliphatic carbocycles. The minimum Gasteiger partial charge on any atom is -0.369 e. The van der Waals surface area contributed by atoms with Gasteiger partial charge in [0.25, 0.3) is 0 Å². The number of nitrogens with one attached hydrogen (secondary N) is 1. The van der Waals surface area contributed by atoms with E-state index >= 15 is 0 Å². The summed E-state index contributed by atoms with van der Waals surface area (Å²) in [5.74, 6) is 2.52. The normalized spacial score (nSPS) is 13.4. The zero-order chi connectivity index (χ0) is 14.4. The van der Waals surface area contributed by atoms with Crippen molar-refractivity contribution in [3.8, 4) is 12.3 Å². The largest absolute Gasteiger partial charge is 0.369 e. The monoisotopic (exact) mass is 265 g/mol. The molecule has 2 heteroatoms. The first-order valence-corrected chi connectivity index (χ1v) is 6.70. The molecule has 0 radical (unpaired) electrons. The van der Waals surface area contributed by atoms with Gasteiger partial charge in [0.1, 0.15) is 0 Å². The average molecular weight is 265 g/mol. The smallest absolute Gasteiger partial charge is 0.176 e. The summed E-state index contributed by atoms with van der Waals surface area (Å²) in [6.07, 6.45) is 6.53. The zero-order valence-corrected chi connectivity index (χ0v) is 11.6. The number of terminal acetylenes is 1. The second kappa shape index (κ2) is 6.38. The van der Waals surface area contributed by atoms with Gasteiger partial charge in [-0.1, -0.05) is 60.5 Å². The Morgan fingerprint density at radius 3 is 2.20 bits per heavy atom. The molecule has 20 heavy (non-hydrogen) atoms. The van der Waals surface area contributed by atoms with Crippen molar-refractivity contribution in [2.24, 2.45) is 0 Å². The van der Waals surface area contributed by atoms with E-state index in [2.05, 4.69) is 11.2 Å². The Kier molecular flexibility index (Phi) is 4.57. The van der Waals surface area contributed by atoms with E-state index in [0.717, 1.165) is 18.5 Å². The van der Waals surface area contributed by atoms with Crippen molar-refractivity contribution >= 4 is 0 Å². The highest BCUT2D eigenvalue weighted by molar-refractivity contribution is 5.44. The van der Waals surface area contributed by atoms with Crippen molar-refractivity contribution in [2.75, 3.05) is 13.6 Å². The van der Waals surface area contributed by atoms with Gasteiger partial charge in [-0.25, -0.2) is 0 Å². The predicted octanol–water partition coefficient (Wildman–Crippen LogP) is 2.32. The van der Waals surface area contributed by atoms with Crippen LogP contribution in [-0.2, 0) is 12.0 Å². The molecule has 0 aliphatic rings. The summed E-state index contributed by atoms with van der Waals surface area (Å²) in [6.45, 7) is 0.928. The van der Waals surface area contributed by atoms with Crippen LogP contribution in [0, 0.1) is 12.3 Å². The SMILES string of the molecule is C#CC(O)(c1ccccc1)c1ccc(CCNC)cc1. The number of benzene rings is 2. The van der Waals surface area contributed by atoms with E-state index in [9.17, 15) is 5.11 Å². The Balaban J connectivity index is 2.31. The van der Waals surface area contributed by atoms with Gasteiger partial charge in [-0.2, -0.15) is 0 Å². The Labute approximate surface area is 120 Å². The fourth-order valence-corrected chi connectivity index (χ4v) is 2.19. The molecule has 0 heterocycles. The van der Waals surface area contributed by atoms with E-state index in [1.807, 2.05) is 61.6 Å². The van der Waals surface area contributed by atoms with Crippen LogP contribution in [0.25, 0.3) is 0 Å². The van der Waals surface area contributed by atoms with Crippen LogP contribution in [0.1, 0.15) is 16.7 Å². The van der Waals surface area contributed by atoms with Gasteiger partial charge >= 0.3 is 0 Å². The maximum absolute atomic E-state index is 10.8. The molecule has 2 nitrogen and oxygen atoms in total. The van der Waals surface area contributed by atoms with Crippen LogP contribution < -0.4 is 5.32 Å². The molecule has 0 fully saturated rings. The highest BCUT2D eigenvalue weighted by Crippen LogP contribution is 2.28. The van der Waals surface area contributed by atoms with Crippen LogP contribution in [-0.4, -0.2) is 18.7 Å². The van der Waals surface area contributed by atoms with Gasteiger partial charge in [-0.3, -0.25) is 0 Å². The maximum Gasteiger partial charge on any atom is 0.176 e. The van der Waals surface area contributed by atoms with Crippen molar-refractivity contribution in [3.05, 3.63) is 71.3 Å². The third-order valence-electron chi connectivity index (χ3n) is 3.44. The second-order valence-corrected chi connectivity index (χ2v) is 4.77. The minimum absolute atomic E-state index is 0.713. The molecule has 0 aromatic heterocycles. The summed E-state index contributed by atoms with van der Waals surface area (Å²) >= 11 is 0. The van der Waals surface area contributed by atoms with Gasteiger partial charge in [0.15, 0.2) is 5.60 Å². The minimum atomic E-state index is -1.37. The molecule has 102 valence electrons. The summed E-state index contributed by atoms with van der Waals surface area (Å²) < 4.78 is 0. The van der Waals surface area contributed by atoms with E-state index < -0.39 is 5.60 Å². The third kappa shape index (κ3) is 2.91.